The summed E-state index contributed by atoms with van der Waals surface area (Å²) in [6.45, 7) is 10.4. The molecule has 1 aromatic rings. The van der Waals surface area contributed by atoms with Crippen molar-refractivity contribution in [3.05, 3.63) is 23.4 Å². The van der Waals surface area contributed by atoms with E-state index >= 15 is 0 Å². The van der Waals surface area contributed by atoms with Crippen molar-refractivity contribution in [3.8, 4) is 5.88 Å². The Hall–Kier alpha value is -1.05. The second-order valence-electron chi connectivity index (χ2n) is 4.23. The summed E-state index contributed by atoms with van der Waals surface area (Å²) in [7, 11) is 0. The van der Waals surface area contributed by atoms with Gasteiger partial charge in [-0.2, -0.15) is 0 Å². The van der Waals surface area contributed by atoms with Crippen LogP contribution in [0, 0.1) is 6.92 Å². The van der Waals surface area contributed by atoms with Crippen molar-refractivity contribution in [2.24, 2.45) is 0 Å². The first-order valence-corrected chi connectivity index (χ1v) is 5.14. The van der Waals surface area contributed by atoms with Crippen LogP contribution in [0.2, 0.25) is 0 Å². The first kappa shape index (κ1) is 11.0. The molecule has 1 aromatic heterocycles. The van der Waals surface area contributed by atoms with Crippen molar-refractivity contribution in [3.63, 3.8) is 0 Å². The van der Waals surface area contributed by atoms with Crippen LogP contribution in [0.1, 0.15) is 44.9 Å². The van der Waals surface area contributed by atoms with Gasteiger partial charge in [-0.25, -0.2) is 4.98 Å². The minimum atomic E-state index is 0.185. The summed E-state index contributed by atoms with van der Waals surface area (Å²) in [4.78, 5) is 4.45. The minimum absolute atomic E-state index is 0.185. The van der Waals surface area contributed by atoms with Crippen molar-refractivity contribution in [2.75, 3.05) is 0 Å². The molecule has 1 heterocycles. The minimum Gasteiger partial charge on any atom is -0.475 e. The van der Waals surface area contributed by atoms with E-state index in [9.17, 15) is 0 Å². The van der Waals surface area contributed by atoms with Gasteiger partial charge in [-0.05, 0) is 38.3 Å². The molecule has 2 heteroatoms. The van der Waals surface area contributed by atoms with Gasteiger partial charge in [0.25, 0.3) is 0 Å². The van der Waals surface area contributed by atoms with E-state index in [1.165, 1.54) is 5.56 Å². The highest BCUT2D eigenvalue weighted by Crippen LogP contribution is 2.19. The number of hydrogen-bond acceptors (Lipinski definition) is 2. The van der Waals surface area contributed by atoms with Gasteiger partial charge in [0.05, 0.1) is 6.10 Å². The standard InChI is InChI=1S/C12H19NO/c1-8(2)11-6-10(5)7-12(13-11)14-9(3)4/h6-9H,1-5H3. The quantitative estimate of drug-likeness (QED) is 0.734. The molecule has 2 nitrogen and oxygen atoms in total. The highest BCUT2D eigenvalue weighted by Gasteiger charge is 2.06. The van der Waals surface area contributed by atoms with Gasteiger partial charge < -0.3 is 4.74 Å². The largest absolute Gasteiger partial charge is 0.475 e. The third kappa shape index (κ3) is 3.02. The number of aromatic nitrogens is 1. The van der Waals surface area contributed by atoms with Crippen LogP contribution >= 0.6 is 0 Å². The Kier molecular flexibility index (Phi) is 3.50. The van der Waals surface area contributed by atoms with Crippen molar-refractivity contribution >= 4 is 0 Å². The summed E-state index contributed by atoms with van der Waals surface area (Å²) in [5, 5.41) is 0. The Bertz CT molecular complexity index is 305. The lowest BCUT2D eigenvalue weighted by atomic mass is 10.1. The topological polar surface area (TPSA) is 22.1 Å². The van der Waals surface area contributed by atoms with Crippen LogP contribution in [-0.2, 0) is 0 Å². The third-order valence-corrected chi connectivity index (χ3v) is 1.91. The lowest BCUT2D eigenvalue weighted by Gasteiger charge is -2.12. The Morgan fingerprint density at radius 2 is 1.79 bits per heavy atom. The smallest absolute Gasteiger partial charge is 0.213 e. The SMILES string of the molecule is Cc1cc(OC(C)C)nc(C(C)C)c1. The maximum absolute atomic E-state index is 5.57. The molecule has 0 radical (unpaired) electrons. The predicted molar refractivity (Wildman–Crippen MR) is 58.8 cm³/mol. The highest BCUT2D eigenvalue weighted by atomic mass is 16.5. The van der Waals surface area contributed by atoms with E-state index in [0.29, 0.717) is 5.92 Å². The van der Waals surface area contributed by atoms with Crippen LogP contribution in [0.4, 0.5) is 0 Å². The van der Waals surface area contributed by atoms with E-state index in [2.05, 4.69) is 31.8 Å². The summed E-state index contributed by atoms with van der Waals surface area (Å²) in [6, 6.07) is 4.09. The van der Waals surface area contributed by atoms with Crippen molar-refractivity contribution in [2.45, 2.75) is 46.6 Å². The van der Waals surface area contributed by atoms with Crippen LogP contribution in [0.5, 0.6) is 5.88 Å². The lowest BCUT2D eigenvalue weighted by molar-refractivity contribution is 0.231. The summed E-state index contributed by atoms with van der Waals surface area (Å²) in [5.41, 5.74) is 2.31. The molecule has 0 N–H and O–H groups in total. The average molecular weight is 193 g/mol. The first-order chi connectivity index (χ1) is 6.49. The monoisotopic (exact) mass is 193 g/mol. The summed E-state index contributed by atoms with van der Waals surface area (Å²) in [5.74, 6) is 1.19. The molecule has 0 fully saturated rings. The van der Waals surface area contributed by atoms with E-state index in [1.807, 2.05) is 19.9 Å². The van der Waals surface area contributed by atoms with Gasteiger partial charge in [0.1, 0.15) is 0 Å². The van der Waals surface area contributed by atoms with E-state index < -0.39 is 0 Å². The first-order valence-electron chi connectivity index (χ1n) is 5.14. The molecule has 14 heavy (non-hydrogen) atoms. The highest BCUT2D eigenvalue weighted by molar-refractivity contribution is 5.25. The molecule has 0 saturated carbocycles. The molecule has 0 atom stereocenters. The van der Waals surface area contributed by atoms with Gasteiger partial charge in [0, 0.05) is 11.8 Å². The van der Waals surface area contributed by atoms with Gasteiger partial charge in [0.15, 0.2) is 0 Å². The third-order valence-electron chi connectivity index (χ3n) is 1.91. The zero-order valence-corrected chi connectivity index (χ0v) is 9.66. The van der Waals surface area contributed by atoms with Crippen LogP contribution in [0.15, 0.2) is 12.1 Å². The van der Waals surface area contributed by atoms with Crippen LogP contribution < -0.4 is 4.74 Å². The van der Waals surface area contributed by atoms with E-state index in [0.717, 1.165) is 11.6 Å². The number of aryl methyl sites for hydroxylation is 1. The van der Waals surface area contributed by atoms with Gasteiger partial charge >= 0.3 is 0 Å². The molecule has 0 saturated heterocycles. The summed E-state index contributed by atoms with van der Waals surface area (Å²) >= 11 is 0. The molecule has 0 amide bonds. The fraction of sp³-hybridized carbons (Fsp3) is 0.583. The summed E-state index contributed by atoms with van der Waals surface area (Å²) in [6.07, 6.45) is 0.185. The zero-order valence-electron chi connectivity index (χ0n) is 9.66. The maximum atomic E-state index is 5.57. The van der Waals surface area contributed by atoms with E-state index in [4.69, 9.17) is 4.74 Å². The Balaban J connectivity index is 2.95. The van der Waals surface area contributed by atoms with Gasteiger partial charge in [-0.15, -0.1) is 0 Å². The van der Waals surface area contributed by atoms with E-state index in [1.54, 1.807) is 0 Å². The molecule has 0 aromatic carbocycles. The molecule has 0 aliphatic rings. The summed E-state index contributed by atoms with van der Waals surface area (Å²) < 4.78 is 5.57. The Morgan fingerprint density at radius 1 is 1.14 bits per heavy atom. The molecule has 1 rings (SSSR count). The Morgan fingerprint density at radius 3 is 2.29 bits per heavy atom. The molecule has 0 bridgehead atoms. The molecule has 0 aliphatic carbocycles. The fourth-order valence-corrected chi connectivity index (χ4v) is 1.26. The predicted octanol–water partition coefficient (Wildman–Crippen LogP) is 3.30. The number of ether oxygens (including phenoxy) is 1. The normalized spacial score (nSPS) is 11.1. The van der Waals surface area contributed by atoms with Gasteiger partial charge in [0.2, 0.25) is 5.88 Å². The lowest BCUT2D eigenvalue weighted by Crippen LogP contribution is -2.08. The van der Waals surface area contributed by atoms with Crippen LogP contribution in [0.3, 0.4) is 0 Å². The molecule has 0 spiro atoms. The molecule has 0 unspecified atom stereocenters. The number of nitrogens with zero attached hydrogens (tertiary/aromatic N) is 1. The number of rotatable bonds is 3. The van der Waals surface area contributed by atoms with Gasteiger partial charge in [-0.3, -0.25) is 0 Å². The average Bonchev–Trinajstić information content (AvgIpc) is 2.01. The molecular weight excluding hydrogens is 174 g/mol. The fourth-order valence-electron chi connectivity index (χ4n) is 1.26. The van der Waals surface area contributed by atoms with E-state index in [-0.39, 0.29) is 6.10 Å². The van der Waals surface area contributed by atoms with Crippen molar-refractivity contribution in [1.82, 2.24) is 4.98 Å². The zero-order chi connectivity index (χ0) is 10.7. The molecule has 78 valence electrons. The van der Waals surface area contributed by atoms with Gasteiger partial charge in [-0.1, -0.05) is 13.8 Å². The second kappa shape index (κ2) is 4.45. The number of hydrogen-bond donors (Lipinski definition) is 0. The van der Waals surface area contributed by atoms with Crippen LogP contribution in [0.25, 0.3) is 0 Å². The second-order valence-corrected chi connectivity index (χ2v) is 4.23. The molecule has 0 aliphatic heterocycles. The maximum Gasteiger partial charge on any atom is 0.213 e. The van der Waals surface area contributed by atoms with Crippen LogP contribution in [-0.4, -0.2) is 11.1 Å². The molecular formula is C12H19NO. The van der Waals surface area contributed by atoms with Crippen molar-refractivity contribution < 1.29 is 4.74 Å². The van der Waals surface area contributed by atoms with Crippen molar-refractivity contribution in [1.29, 1.82) is 0 Å². The Labute approximate surface area is 86.3 Å². The number of pyridine rings is 1.